The Balaban J connectivity index is 2.00. The van der Waals surface area contributed by atoms with E-state index in [2.05, 4.69) is 5.10 Å². The van der Waals surface area contributed by atoms with Gasteiger partial charge in [0, 0.05) is 5.56 Å². The van der Waals surface area contributed by atoms with Crippen molar-refractivity contribution in [1.82, 2.24) is 5.01 Å². The third-order valence-corrected chi connectivity index (χ3v) is 5.01. The van der Waals surface area contributed by atoms with Gasteiger partial charge in [0.2, 0.25) is 0 Å². The van der Waals surface area contributed by atoms with Crippen LogP contribution in [0.2, 0.25) is 0 Å². The number of hydrazone groups is 1. The van der Waals surface area contributed by atoms with Gasteiger partial charge in [0.15, 0.2) is 0 Å². The maximum absolute atomic E-state index is 13.7. The first-order valence-electron chi connectivity index (χ1n) is 9.22. The van der Waals surface area contributed by atoms with E-state index in [1.165, 1.54) is 12.1 Å². The second kappa shape index (κ2) is 6.99. The topological polar surface area (TPSA) is 52.9 Å². The summed E-state index contributed by atoms with van der Waals surface area (Å²) >= 11 is 0. The van der Waals surface area contributed by atoms with Crippen molar-refractivity contribution < 1.29 is 23.1 Å². The molecule has 7 heteroatoms. The van der Waals surface area contributed by atoms with Gasteiger partial charge in [0.25, 0.3) is 11.6 Å². The summed E-state index contributed by atoms with van der Waals surface area (Å²) in [4.78, 5) is 12.9. The fourth-order valence-electron chi connectivity index (χ4n) is 3.12. The van der Waals surface area contributed by atoms with Crippen LogP contribution < -0.4 is 0 Å². The summed E-state index contributed by atoms with van der Waals surface area (Å²) in [6.45, 7) is 7.82. The van der Waals surface area contributed by atoms with Crippen LogP contribution in [0.5, 0.6) is 0 Å². The van der Waals surface area contributed by atoms with Crippen LogP contribution >= 0.6 is 0 Å². The molecule has 1 atom stereocenters. The number of amides is 1. The molecule has 0 aliphatic carbocycles. The Labute approximate surface area is 167 Å². The first kappa shape index (κ1) is 21.0. The number of aryl methyl sites for hydroxylation is 1. The Morgan fingerprint density at radius 3 is 2.07 bits per heavy atom. The van der Waals surface area contributed by atoms with Gasteiger partial charge in [-0.1, -0.05) is 62.7 Å². The van der Waals surface area contributed by atoms with Gasteiger partial charge in [-0.25, -0.2) is 0 Å². The lowest BCUT2D eigenvalue weighted by atomic mass is 9.86. The number of alkyl halides is 3. The molecule has 0 spiro atoms. The zero-order valence-corrected chi connectivity index (χ0v) is 16.7. The molecule has 29 heavy (non-hydrogen) atoms. The van der Waals surface area contributed by atoms with E-state index in [1.54, 1.807) is 36.4 Å². The number of aliphatic hydroxyl groups is 1. The van der Waals surface area contributed by atoms with E-state index >= 15 is 0 Å². The highest BCUT2D eigenvalue weighted by Gasteiger charge is 2.63. The summed E-state index contributed by atoms with van der Waals surface area (Å²) in [7, 11) is 0. The van der Waals surface area contributed by atoms with Gasteiger partial charge in [-0.15, -0.1) is 0 Å². The molecule has 0 fully saturated rings. The van der Waals surface area contributed by atoms with Crippen LogP contribution in [-0.2, 0) is 5.41 Å². The van der Waals surface area contributed by atoms with Crippen LogP contribution in [-0.4, -0.2) is 33.6 Å². The molecule has 2 aromatic rings. The van der Waals surface area contributed by atoms with Gasteiger partial charge in [-0.05, 0) is 35.6 Å². The van der Waals surface area contributed by atoms with Crippen molar-refractivity contribution in [3.63, 3.8) is 0 Å². The van der Waals surface area contributed by atoms with Crippen LogP contribution in [0, 0.1) is 6.92 Å². The summed E-state index contributed by atoms with van der Waals surface area (Å²) in [5, 5.41) is 14.5. The number of hydrogen-bond donors (Lipinski definition) is 1. The highest BCUT2D eigenvalue weighted by Crippen LogP contribution is 2.42. The van der Waals surface area contributed by atoms with E-state index < -0.39 is 24.2 Å². The normalized spacial score (nSPS) is 20.0. The second-order valence-electron chi connectivity index (χ2n) is 8.35. The molecule has 0 aromatic heterocycles. The molecule has 1 aliphatic rings. The van der Waals surface area contributed by atoms with Crippen LogP contribution in [0.1, 0.15) is 54.2 Å². The molecule has 154 valence electrons. The molecular formula is C22H23F3N2O2. The number of rotatable bonds is 2. The Hall–Kier alpha value is -2.67. The van der Waals surface area contributed by atoms with Gasteiger partial charge < -0.3 is 5.11 Å². The molecule has 0 saturated heterocycles. The minimum absolute atomic E-state index is 0.00415. The van der Waals surface area contributed by atoms with Crippen molar-refractivity contribution in [2.24, 2.45) is 5.10 Å². The maximum atomic E-state index is 13.7. The molecule has 3 rings (SSSR count). The van der Waals surface area contributed by atoms with Crippen molar-refractivity contribution in [3.05, 3.63) is 70.8 Å². The molecule has 4 nitrogen and oxygen atoms in total. The minimum atomic E-state index is -5.07. The van der Waals surface area contributed by atoms with Gasteiger partial charge in [-0.3, -0.25) is 4.79 Å². The molecule has 0 radical (unpaired) electrons. The standard InChI is InChI=1S/C22H23F3N2O2/c1-14-5-7-15(8-6-14)18-13-21(29,22(23,24)25)27(26-18)19(28)16-9-11-17(12-10-16)20(2,3)4/h5-12,29H,13H2,1-4H3. The minimum Gasteiger partial charge on any atom is -0.362 e. The van der Waals surface area contributed by atoms with Crippen LogP contribution in [0.3, 0.4) is 0 Å². The van der Waals surface area contributed by atoms with Gasteiger partial charge >= 0.3 is 6.18 Å². The molecule has 2 aromatic carbocycles. The van der Waals surface area contributed by atoms with E-state index in [1.807, 2.05) is 27.7 Å². The predicted octanol–water partition coefficient (Wildman–Crippen LogP) is 4.79. The molecule has 1 N–H and O–H groups in total. The zero-order valence-electron chi connectivity index (χ0n) is 16.7. The summed E-state index contributed by atoms with van der Waals surface area (Å²) in [5.74, 6) is -1.01. The number of benzene rings is 2. The fraction of sp³-hybridized carbons (Fsp3) is 0.364. The van der Waals surface area contributed by atoms with E-state index in [9.17, 15) is 23.1 Å². The van der Waals surface area contributed by atoms with Crippen molar-refractivity contribution in [1.29, 1.82) is 0 Å². The molecule has 1 heterocycles. The predicted molar refractivity (Wildman–Crippen MR) is 105 cm³/mol. The number of nitrogens with zero attached hydrogens (tertiary/aromatic N) is 2. The van der Waals surface area contributed by atoms with Crippen LogP contribution in [0.25, 0.3) is 0 Å². The number of hydrogen-bond acceptors (Lipinski definition) is 3. The molecule has 1 amide bonds. The third-order valence-electron chi connectivity index (χ3n) is 5.01. The Bertz CT molecular complexity index is 942. The lowest BCUT2D eigenvalue weighted by Crippen LogP contribution is -2.56. The average molecular weight is 404 g/mol. The van der Waals surface area contributed by atoms with Crippen LogP contribution in [0.4, 0.5) is 13.2 Å². The van der Waals surface area contributed by atoms with Gasteiger partial charge in [0.05, 0.1) is 12.1 Å². The van der Waals surface area contributed by atoms with E-state index in [4.69, 9.17) is 0 Å². The quantitative estimate of drug-likeness (QED) is 0.782. The summed E-state index contributed by atoms with van der Waals surface area (Å²) < 4.78 is 41.2. The highest BCUT2D eigenvalue weighted by molar-refractivity contribution is 6.05. The molecule has 1 unspecified atom stereocenters. The number of halogens is 3. The summed E-state index contributed by atoms with van der Waals surface area (Å²) in [6.07, 6.45) is -5.89. The second-order valence-corrected chi connectivity index (χ2v) is 8.35. The van der Waals surface area contributed by atoms with Gasteiger partial charge in [0.1, 0.15) is 0 Å². The third kappa shape index (κ3) is 3.92. The maximum Gasteiger partial charge on any atom is 0.438 e. The van der Waals surface area contributed by atoms with E-state index in [0.717, 1.165) is 11.1 Å². The monoisotopic (exact) mass is 404 g/mol. The molecule has 0 bridgehead atoms. The number of carbonyl (C=O) groups excluding carboxylic acids is 1. The lowest BCUT2D eigenvalue weighted by Gasteiger charge is -2.32. The Kier molecular flexibility index (Phi) is 5.07. The molecule has 1 aliphatic heterocycles. The lowest BCUT2D eigenvalue weighted by molar-refractivity contribution is -0.297. The first-order valence-corrected chi connectivity index (χ1v) is 9.22. The average Bonchev–Trinajstić information content (AvgIpc) is 3.00. The number of carbonyl (C=O) groups is 1. The molecule has 0 saturated carbocycles. The SMILES string of the molecule is Cc1ccc(C2=NN(C(=O)c3ccc(C(C)(C)C)cc3)C(O)(C(F)(F)F)C2)cc1. The summed E-state index contributed by atoms with van der Waals surface area (Å²) in [6, 6.07) is 13.0. The smallest absolute Gasteiger partial charge is 0.362 e. The Morgan fingerprint density at radius 1 is 1.03 bits per heavy atom. The van der Waals surface area contributed by atoms with Crippen LogP contribution in [0.15, 0.2) is 53.6 Å². The van der Waals surface area contributed by atoms with E-state index in [0.29, 0.717) is 5.56 Å². The van der Waals surface area contributed by atoms with Crippen molar-refractivity contribution in [2.75, 3.05) is 0 Å². The fourth-order valence-corrected chi connectivity index (χ4v) is 3.12. The van der Waals surface area contributed by atoms with Crippen molar-refractivity contribution in [3.8, 4) is 0 Å². The zero-order chi connectivity index (χ0) is 21.6. The van der Waals surface area contributed by atoms with E-state index in [-0.39, 0.29) is 21.7 Å². The molecular weight excluding hydrogens is 381 g/mol. The summed E-state index contributed by atoms with van der Waals surface area (Å²) in [5.41, 5.74) is -1.24. The van der Waals surface area contributed by atoms with Crippen molar-refractivity contribution >= 4 is 11.6 Å². The largest absolute Gasteiger partial charge is 0.438 e. The Morgan fingerprint density at radius 2 is 1.59 bits per heavy atom. The first-order chi connectivity index (χ1) is 13.3. The highest BCUT2D eigenvalue weighted by atomic mass is 19.4. The van der Waals surface area contributed by atoms with Gasteiger partial charge in [-0.2, -0.15) is 23.3 Å². The van der Waals surface area contributed by atoms with Crippen molar-refractivity contribution in [2.45, 2.75) is 51.4 Å².